The molecule has 0 radical (unpaired) electrons. The Bertz CT molecular complexity index is 822. The number of rotatable bonds is 6. The zero-order chi connectivity index (χ0) is 16.2. The molecule has 3 aromatic rings. The van der Waals surface area contributed by atoms with Crippen LogP contribution in [0, 0.1) is 0 Å². The SMILES string of the molecule is Nc1ccc(Oc2occc2CC(=O)C(=O)c2ncn[nH]2)cc1. The minimum Gasteiger partial charge on any atom is -0.434 e. The van der Waals surface area contributed by atoms with Gasteiger partial charge in [0.1, 0.15) is 12.1 Å². The van der Waals surface area contributed by atoms with Gasteiger partial charge >= 0.3 is 0 Å². The Morgan fingerprint density at radius 3 is 2.70 bits per heavy atom. The zero-order valence-electron chi connectivity index (χ0n) is 11.9. The Balaban J connectivity index is 1.72. The molecule has 0 aliphatic carbocycles. The second kappa shape index (κ2) is 6.14. The van der Waals surface area contributed by atoms with Gasteiger partial charge in [0, 0.05) is 17.7 Å². The summed E-state index contributed by atoms with van der Waals surface area (Å²) in [6.45, 7) is 0. The summed E-state index contributed by atoms with van der Waals surface area (Å²) >= 11 is 0. The van der Waals surface area contributed by atoms with E-state index >= 15 is 0 Å². The number of furan rings is 1. The third-order valence-electron chi connectivity index (χ3n) is 3.03. The topological polar surface area (TPSA) is 124 Å². The van der Waals surface area contributed by atoms with E-state index in [-0.39, 0.29) is 18.2 Å². The molecule has 0 saturated carbocycles. The van der Waals surface area contributed by atoms with Crippen molar-refractivity contribution in [2.24, 2.45) is 0 Å². The smallest absolute Gasteiger partial charge is 0.293 e. The summed E-state index contributed by atoms with van der Waals surface area (Å²) in [5, 5.41) is 5.90. The first-order valence-electron chi connectivity index (χ1n) is 6.66. The van der Waals surface area contributed by atoms with Gasteiger partial charge in [-0.3, -0.25) is 14.7 Å². The number of benzene rings is 1. The predicted octanol–water partition coefficient (Wildman–Crippen LogP) is 1.77. The van der Waals surface area contributed by atoms with Crippen molar-refractivity contribution in [1.82, 2.24) is 15.2 Å². The molecule has 0 fully saturated rings. The summed E-state index contributed by atoms with van der Waals surface area (Å²) in [6.07, 6.45) is 2.38. The molecular formula is C15H12N4O4. The summed E-state index contributed by atoms with van der Waals surface area (Å²) in [5.74, 6) is -0.843. The first-order valence-corrected chi connectivity index (χ1v) is 6.66. The fourth-order valence-corrected chi connectivity index (χ4v) is 1.89. The number of carbonyl (C=O) groups is 2. The molecule has 2 heterocycles. The Morgan fingerprint density at radius 2 is 2.00 bits per heavy atom. The third-order valence-corrected chi connectivity index (χ3v) is 3.03. The monoisotopic (exact) mass is 312 g/mol. The molecule has 8 heteroatoms. The molecule has 0 bridgehead atoms. The van der Waals surface area contributed by atoms with Gasteiger partial charge in [-0.05, 0) is 30.3 Å². The van der Waals surface area contributed by atoms with Gasteiger partial charge in [-0.1, -0.05) is 0 Å². The van der Waals surface area contributed by atoms with E-state index in [0.717, 1.165) is 6.33 Å². The minimum atomic E-state index is -0.748. The molecule has 0 amide bonds. The van der Waals surface area contributed by atoms with Gasteiger partial charge in [-0.15, -0.1) is 0 Å². The van der Waals surface area contributed by atoms with Gasteiger partial charge < -0.3 is 14.9 Å². The quantitative estimate of drug-likeness (QED) is 0.403. The molecule has 2 aromatic heterocycles. The lowest BCUT2D eigenvalue weighted by Gasteiger charge is -2.05. The van der Waals surface area contributed by atoms with E-state index in [1.165, 1.54) is 6.26 Å². The fourth-order valence-electron chi connectivity index (χ4n) is 1.89. The number of carbonyl (C=O) groups excluding carboxylic acids is 2. The van der Waals surface area contributed by atoms with Crippen LogP contribution in [0.15, 0.2) is 47.3 Å². The van der Waals surface area contributed by atoms with E-state index in [4.69, 9.17) is 14.9 Å². The number of anilines is 1. The van der Waals surface area contributed by atoms with Crippen molar-refractivity contribution in [2.45, 2.75) is 6.42 Å². The van der Waals surface area contributed by atoms with E-state index in [0.29, 0.717) is 17.0 Å². The fraction of sp³-hybridized carbons (Fsp3) is 0.0667. The van der Waals surface area contributed by atoms with Crippen LogP contribution in [0.4, 0.5) is 5.69 Å². The molecule has 116 valence electrons. The number of aromatic amines is 1. The second-order valence-electron chi connectivity index (χ2n) is 4.67. The highest BCUT2D eigenvalue weighted by Crippen LogP contribution is 2.27. The molecular weight excluding hydrogens is 300 g/mol. The Kier molecular flexibility index (Phi) is 3.88. The number of H-pyrrole nitrogens is 1. The molecule has 0 spiro atoms. The maximum Gasteiger partial charge on any atom is 0.293 e. The number of nitrogens with one attached hydrogen (secondary N) is 1. The van der Waals surface area contributed by atoms with Gasteiger partial charge in [-0.25, -0.2) is 4.98 Å². The Hall–Kier alpha value is -3.42. The van der Waals surface area contributed by atoms with Crippen LogP contribution < -0.4 is 10.5 Å². The maximum atomic E-state index is 12.0. The number of ketones is 2. The molecule has 23 heavy (non-hydrogen) atoms. The van der Waals surface area contributed by atoms with Crippen molar-refractivity contribution in [2.75, 3.05) is 5.73 Å². The van der Waals surface area contributed by atoms with E-state index in [9.17, 15) is 9.59 Å². The summed E-state index contributed by atoms with van der Waals surface area (Å²) in [5.41, 5.74) is 6.66. The largest absolute Gasteiger partial charge is 0.434 e. The van der Waals surface area contributed by atoms with E-state index < -0.39 is 11.6 Å². The molecule has 1 aromatic carbocycles. The Morgan fingerprint density at radius 1 is 1.22 bits per heavy atom. The number of nitrogens with zero attached hydrogens (tertiary/aromatic N) is 2. The number of nitrogen functional groups attached to an aromatic ring is 1. The number of hydrogen-bond donors (Lipinski definition) is 2. The van der Waals surface area contributed by atoms with Crippen molar-refractivity contribution in [3.05, 3.63) is 54.3 Å². The summed E-state index contributed by atoms with van der Waals surface area (Å²) in [7, 11) is 0. The highest BCUT2D eigenvalue weighted by Gasteiger charge is 2.22. The van der Waals surface area contributed by atoms with Crippen molar-refractivity contribution in [3.63, 3.8) is 0 Å². The van der Waals surface area contributed by atoms with Crippen molar-refractivity contribution in [1.29, 1.82) is 0 Å². The van der Waals surface area contributed by atoms with Gasteiger partial charge in [0.15, 0.2) is 5.82 Å². The summed E-state index contributed by atoms with van der Waals surface area (Å²) in [6, 6.07) is 8.26. The van der Waals surface area contributed by atoms with Crippen molar-refractivity contribution in [3.8, 4) is 11.7 Å². The molecule has 0 aliphatic rings. The summed E-state index contributed by atoms with van der Waals surface area (Å²) < 4.78 is 10.8. The molecule has 3 N–H and O–H groups in total. The Labute approximate surface area is 130 Å². The van der Waals surface area contributed by atoms with Crippen LogP contribution in [0.5, 0.6) is 11.7 Å². The minimum absolute atomic E-state index is 0.0977. The van der Waals surface area contributed by atoms with Crippen LogP contribution >= 0.6 is 0 Å². The van der Waals surface area contributed by atoms with Crippen molar-refractivity contribution < 1.29 is 18.7 Å². The molecule has 8 nitrogen and oxygen atoms in total. The average Bonchev–Trinajstić information content (AvgIpc) is 3.21. The van der Waals surface area contributed by atoms with Crippen molar-refractivity contribution >= 4 is 17.3 Å². The van der Waals surface area contributed by atoms with Gasteiger partial charge in [0.05, 0.1) is 6.26 Å². The molecule has 0 atom stereocenters. The lowest BCUT2D eigenvalue weighted by Crippen LogP contribution is -2.18. The highest BCUT2D eigenvalue weighted by atomic mass is 16.6. The zero-order valence-corrected chi connectivity index (χ0v) is 11.9. The van der Waals surface area contributed by atoms with Gasteiger partial charge in [-0.2, -0.15) is 5.10 Å². The lowest BCUT2D eigenvalue weighted by molar-refractivity contribution is -0.114. The van der Waals surface area contributed by atoms with Crippen LogP contribution in [0.1, 0.15) is 16.2 Å². The van der Waals surface area contributed by atoms with Crippen LogP contribution in [0.2, 0.25) is 0 Å². The molecule has 0 saturated heterocycles. The maximum absolute atomic E-state index is 12.0. The van der Waals surface area contributed by atoms with Gasteiger partial charge in [0.25, 0.3) is 11.7 Å². The number of Topliss-reactive ketones (excluding diaryl/α,β-unsaturated/α-hetero) is 2. The third kappa shape index (κ3) is 3.26. The molecule has 3 rings (SSSR count). The highest BCUT2D eigenvalue weighted by molar-refractivity contribution is 6.43. The number of aromatic nitrogens is 3. The normalized spacial score (nSPS) is 10.4. The van der Waals surface area contributed by atoms with Crippen LogP contribution in [-0.4, -0.2) is 26.7 Å². The molecule has 0 aliphatic heterocycles. The summed E-state index contributed by atoms with van der Waals surface area (Å²) in [4.78, 5) is 27.5. The first kappa shape index (κ1) is 14.5. The average molecular weight is 312 g/mol. The van der Waals surface area contributed by atoms with Gasteiger partial charge in [0.2, 0.25) is 5.78 Å². The number of nitrogens with two attached hydrogens (primary N) is 1. The van der Waals surface area contributed by atoms with E-state index in [1.54, 1.807) is 30.3 Å². The standard InChI is InChI=1S/C15H12N4O4/c16-10-1-3-11(4-2-10)23-15-9(5-6-22-15)7-12(20)13(21)14-17-8-18-19-14/h1-6,8H,7,16H2,(H,17,18,19). The lowest BCUT2D eigenvalue weighted by atomic mass is 10.1. The van der Waals surface area contributed by atoms with Crippen LogP contribution in [-0.2, 0) is 11.2 Å². The number of hydrogen-bond acceptors (Lipinski definition) is 7. The first-order chi connectivity index (χ1) is 11.1. The predicted molar refractivity (Wildman–Crippen MR) is 79.1 cm³/mol. The van der Waals surface area contributed by atoms with E-state index in [2.05, 4.69) is 15.2 Å². The van der Waals surface area contributed by atoms with Crippen LogP contribution in [0.3, 0.4) is 0 Å². The molecule has 0 unspecified atom stereocenters. The van der Waals surface area contributed by atoms with E-state index in [1.807, 2.05) is 0 Å². The van der Waals surface area contributed by atoms with Crippen LogP contribution in [0.25, 0.3) is 0 Å². The number of ether oxygens (including phenoxy) is 1. The second-order valence-corrected chi connectivity index (χ2v) is 4.67.